The molecule has 0 unspecified atom stereocenters. The summed E-state index contributed by atoms with van der Waals surface area (Å²) in [6, 6.07) is 0. The molecule has 0 aromatic rings. The fourth-order valence-electron chi connectivity index (χ4n) is 0.439. The van der Waals surface area contributed by atoms with Crippen LogP contribution in [0.4, 0.5) is 0 Å². The van der Waals surface area contributed by atoms with Gasteiger partial charge in [-0.15, -0.1) is 0 Å². The van der Waals surface area contributed by atoms with Crippen LogP contribution in [0, 0.1) is 0 Å². The van der Waals surface area contributed by atoms with Crippen molar-refractivity contribution in [3.05, 3.63) is 12.3 Å². The van der Waals surface area contributed by atoms with Crippen molar-refractivity contribution >= 4 is 23.0 Å². The van der Waals surface area contributed by atoms with Gasteiger partial charge in [0, 0.05) is 12.6 Å². The normalized spacial score (nSPS) is 18.5. The van der Waals surface area contributed by atoms with Gasteiger partial charge in [0.1, 0.15) is 0 Å². The van der Waals surface area contributed by atoms with Crippen LogP contribution in [0.15, 0.2) is 12.3 Å². The summed E-state index contributed by atoms with van der Waals surface area (Å²) in [7, 11) is 0. The van der Waals surface area contributed by atoms with Crippen LogP contribution in [-0.4, -0.2) is 10.8 Å². The van der Waals surface area contributed by atoms with Crippen LogP contribution < -0.4 is 5.32 Å². The van der Waals surface area contributed by atoms with Crippen LogP contribution >= 0.6 is 12.2 Å². The summed E-state index contributed by atoms with van der Waals surface area (Å²) in [5.74, 6) is -0.0532. The van der Waals surface area contributed by atoms with Crippen molar-refractivity contribution < 1.29 is 4.79 Å². The van der Waals surface area contributed by atoms with E-state index in [9.17, 15) is 4.79 Å². The lowest BCUT2D eigenvalue weighted by Crippen LogP contribution is -2.21. The SMILES string of the molecule is O=C1CC=C[N]C1=S. The summed E-state index contributed by atoms with van der Waals surface area (Å²) >= 11 is 4.56. The van der Waals surface area contributed by atoms with E-state index in [0.29, 0.717) is 6.42 Å². The fourth-order valence-corrected chi connectivity index (χ4v) is 0.584. The number of ketones is 1. The zero-order valence-electron chi connectivity index (χ0n) is 4.13. The zero-order chi connectivity index (χ0) is 5.98. The van der Waals surface area contributed by atoms with Gasteiger partial charge in [-0.1, -0.05) is 18.3 Å². The molecule has 0 aliphatic carbocycles. The molecule has 0 aromatic heterocycles. The molecule has 1 aliphatic rings. The Morgan fingerprint density at radius 3 is 2.88 bits per heavy atom. The lowest BCUT2D eigenvalue weighted by atomic mass is 10.2. The second-order valence-corrected chi connectivity index (χ2v) is 1.83. The third kappa shape index (κ3) is 0.924. The molecule has 0 N–H and O–H groups in total. The topological polar surface area (TPSA) is 31.2 Å². The van der Waals surface area contributed by atoms with E-state index in [1.165, 1.54) is 0 Å². The first-order valence-corrected chi connectivity index (χ1v) is 2.64. The molecular formula is C5H4NOS. The van der Waals surface area contributed by atoms with Crippen molar-refractivity contribution in [2.24, 2.45) is 0 Å². The monoisotopic (exact) mass is 126 g/mol. The van der Waals surface area contributed by atoms with Crippen LogP contribution in [0.2, 0.25) is 0 Å². The molecule has 1 radical (unpaired) electrons. The average molecular weight is 126 g/mol. The molecule has 0 spiro atoms. The van der Waals surface area contributed by atoms with Crippen molar-refractivity contribution in [1.82, 2.24) is 5.32 Å². The predicted molar refractivity (Wildman–Crippen MR) is 33.5 cm³/mol. The minimum atomic E-state index is -0.0532. The third-order valence-corrected chi connectivity index (χ3v) is 1.17. The van der Waals surface area contributed by atoms with Gasteiger partial charge in [-0.25, -0.2) is 5.32 Å². The Morgan fingerprint density at radius 1 is 1.75 bits per heavy atom. The number of hydrogen-bond donors (Lipinski definition) is 0. The van der Waals surface area contributed by atoms with Crippen LogP contribution in [0.5, 0.6) is 0 Å². The van der Waals surface area contributed by atoms with Gasteiger partial charge in [0.05, 0.1) is 0 Å². The molecule has 1 heterocycles. The maximum Gasteiger partial charge on any atom is 0.195 e. The molecule has 0 saturated heterocycles. The molecule has 41 valence electrons. The van der Waals surface area contributed by atoms with Gasteiger partial charge in [0.2, 0.25) is 0 Å². The van der Waals surface area contributed by atoms with Gasteiger partial charge in [0.25, 0.3) is 0 Å². The molecule has 1 rings (SSSR count). The first-order chi connectivity index (χ1) is 3.80. The van der Waals surface area contributed by atoms with E-state index in [1.807, 2.05) is 0 Å². The van der Waals surface area contributed by atoms with Crippen LogP contribution in [0.25, 0.3) is 0 Å². The van der Waals surface area contributed by atoms with E-state index in [0.717, 1.165) is 0 Å². The van der Waals surface area contributed by atoms with Crippen LogP contribution in [-0.2, 0) is 4.79 Å². The molecule has 1 aliphatic heterocycles. The summed E-state index contributed by atoms with van der Waals surface area (Å²) in [4.78, 5) is 10.7. The van der Waals surface area contributed by atoms with Crippen LogP contribution in [0.3, 0.4) is 0 Å². The number of rotatable bonds is 0. The highest BCUT2D eigenvalue weighted by Crippen LogP contribution is 1.94. The summed E-state index contributed by atoms with van der Waals surface area (Å²) in [6.45, 7) is 0. The second-order valence-electron chi connectivity index (χ2n) is 1.45. The summed E-state index contributed by atoms with van der Waals surface area (Å²) in [5.41, 5.74) is 0. The number of Topliss-reactive ketones (excluding diaryl/α,β-unsaturated/α-hetero) is 1. The van der Waals surface area contributed by atoms with Crippen molar-refractivity contribution in [2.75, 3.05) is 0 Å². The summed E-state index contributed by atoms with van der Waals surface area (Å²) < 4.78 is 0. The van der Waals surface area contributed by atoms with E-state index in [1.54, 1.807) is 12.3 Å². The van der Waals surface area contributed by atoms with E-state index < -0.39 is 0 Å². The minimum absolute atomic E-state index is 0.0532. The molecule has 3 heteroatoms. The van der Waals surface area contributed by atoms with Gasteiger partial charge >= 0.3 is 0 Å². The Bertz CT molecular complexity index is 144. The lowest BCUT2D eigenvalue weighted by molar-refractivity contribution is -0.112. The van der Waals surface area contributed by atoms with E-state index in [4.69, 9.17) is 0 Å². The molecular weight excluding hydrogens is 122 g/mol. The van der Waals surface area contributed by atoms with Crippen molar-refractivity contribution in [1.29, 1.82) is 0 Å². The Balaban J connectivity index is 2.71. The Labute approximate surface area is 52.6 Å². The van der Waals surface area contributed by atoms with E-state index in [2.05, 4.69) is 17.5 Å². The molecule has 2 nitrogen and oxygen atoms in total. The number of thiocarbonyl (C=S) groups is 1. The molecule has 0 saturated carbocycles. The van der Waals surface area contributed by atoms with Crippen molar-refractivity contribution in [3.8, 4) is 0 Å². The van der Waals surface area contributed by atoms with Gasteiger partial charge in [-0.2, -0.15) is 0 Å². The Hall–Kier alpha value is -0.700. The third-order valence-electron chi connectivity index (χ3n) is 0.839. The predicted octanol–water partition coefficient (Wildman–Crippen LogP) is 0.405. The molecule has 0 bridgehead atoms. The lowest BCUT2D eigenvalue weighted by Gasteiger charge is -2.00. The number of nitrogens with zero attached hydrogens (tertiary/aromatic N) is 1. The first kappa shape index (κ1) is 5.44. The van der Waals surface area contributed by atoms with E-state index in [-0.39, 0.29) is 10.8 Å². The standard InChI is InChI=1S/C5H4NOS/c7-4-2-1-3-6-5(4)8/h1,3H,2H2. The van der Waals surface area contributed by atoms with E-state index >= 15 is 0 Å². The van der Waals surface area contributed by atoms with Crippen molar-refractivity contribution in [3.63, 3.8) is 0 Å². The van der Waals surface area contributed by atoms with Gasteiger partial charge in [0.15, 0.2) is 10.8 Å². The molecule has 0 atom stereocenters. The number of carbonyl (C=O) groups is 1. The Kier molecular flexibility index (Phi) is 1.39. The van der Waals surface area contributed by atoms with Gasteiger partial charge in [-0.3, -0.25) is 4.79 Å². The summed E-state index contributed by atoms with van der Waals surface area (Å²) in [5, 5.41) is 3.61. The minimum Gasteiger partial charge on any atom is -0.291 e. The zero-order valence-corrected chi connectivity index (χ0v) is 4.94. The molecule has 0 amide bonds. The fraction of sp³-hybridized carbons (Fsp3) is 0.200. The van der Waals surface area contributed by atoms with Gasteiger partial charge < -0.3 is 0 Å². The molecule has 0 aromatic carbocycles. The van der Waals surface area contributed by atoms with Crippen molar-refractivity contribution in [2.45, 2.75) is 6.42 Å². The Morgan fingerprint density at radius 2 is 2.50 bits per heavy atom. The smallest absolute Gasteiger partial charge is 0.195 e. The highest BCUT2D eigenvalue weighted by Gasteiger charge is 2.09. The highest BCUT2D eigenvalue weighted by molar-refractivity contribution is 7.82. The average Bonchev–Trinajstić information content (AvgIpc) is 1.77. The highest BCUT2D eigenvalue weighted by atomic mass is 32.1. The molecule has 0 fully saturated rings. The summed E-state index contributed by atoms with van der Waals surface area (Å²) in [6.07, 6.45) is 3.67. The largest absolute Gasteiger partial charge is 0.291 e. The number of hydrogen-bond acceptors (Lipinski definition) is 2. The van der Waals surface area contributed by atoms with Gasteiger partial charge in [-0.05, 0) is 0 Å². The second kappa shape index (κ2) is 2.05. The molecule has 8 heavy (non-hydrogen) atoms. The maximum atomic E-state index is 10.5. The number of carbonyl (C=O) groups excluding carboxylic acids is 1. The van der Waals surface area contributed by atoms with Crippen LogP contribution in [0.1, 0.15) is 6.42 Å². The first-order valence-electron chi connectivity index (χ1n) is 2.24. The number of allylic oxidation sites excluding steroid dienone is 1. The quantitative estimate of drug-likeness (QED) is 0.440. The maximum absolute atomic E-state index is 10.5.